The molecule has 0 radical (unpaired) electrons. The van der Waals surface area contributed by atoms with Gasteiger partial charge in [-0.1, -0.05) is 12.1 Å². The van der Waals surface area contributed by atoms with Crippen LogP contribution in [0.25, 0.3) is 0 Å². The van der Waals surface area contributed by atoms with Crippen molar-refractivity contribution in [1.82, 2.24) is 18.6 Å². The molecule has 1 N–H and O–H groups in total. The molecule has 1 saturated heterocycles. The van der Waals surface area contributed by atoms with E-state index in [0.29, 0.717) is 11.4 Å². The average molecular weight is 382 g/mol. The van der Waals surface area contributed by atoms with E-state index in [9.17, 15) is 12.8 Å². The Morgan fingerprint density at radius 1 is 1.23 bits per heavy atom. The van der Waals surface area contributed by atoms with Gasteiger partial charge in [-0.15, -0.1) is 0 Å². The standard InChI is InChI=1S/C17H23FN4O3S/c1-12-10-22(11-13(2)25-12)26(23,24)20-16(17-19-8-9-21(17)3)14-4-6-15(18)7-5-14/h4-9,12-13,16,20H,10-11H2,1-3H3. The highest BCUT2D eigenvalue weighted by atomic mass is 32.2. The Balaban J connectivity index is 1.92. The number of ether oxygens (including phenoxy) is 1. The molecule has 3 unspecified atom stereocenters. The van der Waals surface area contributed by atoms with E-state index >= 15 is 0 Å². The molecule has 1 aromatic heterocycles. The highest BCUT2D eigenvalue weighted by molar-refractivity contribution is 7.87. The van der Waals surface area contributed by atoms with Crippen LogP contribution >= 0.6 is 0 Å². The Labute approximate surface area is 153 Å². The van der Waals surface area contributed by atoms with Crippen molar-refractivity contribution in [3.63, 3.8) is 0 Å². The summed E-state index contributed by atoms with van der Waals surface area (Å²) < 4.78 is 50.7. The van der Waals surface area contributed by atoms with E-state index in [1.807, 2.05) is 13.8 Å². The van der Waals surface area contributed by atoms with Gasteiger partial charge in [-0.3, -0.25) is 0 Å². The largest absolute Gasteiger partial charge is 0.373 e. The number of nitrogens with zero attached hydrogens (tertiary/aromatic N) is 3. The van der Waals surface area contributed by atoms with Crippen LogP contribution in [-0.4, -0.2) is 47.6 Å². The van der Waals surface area contributed by atoms with Crippen LogP contribution in [-0.2, 0) is 22.0 Å². The minimum absolute atomic E-state index is 0.187. The Morgan fingerprint density at radius 3 is 2.38 bits per heavy atom. The summed E-state index contributed by atoms with van der Waals surface area (Å²) in [5.41, 5.74) is 0.610. The Bertz CT molecular complexity index is 843. The number of aryl methyl sites for hydroxylation is 1. The third kappa shape index (κ3) is 4.12. The van der Waals surface area contributed by atoms with Crippen molar-refractivity contribution in [3.8, 4) is 0 Å². The second kappa shape index (κ2) is 7.43. The van der Waals surface area contributed by atoms with Gasteiger partial charge in [0.05, 0.1) is 12.2 Å². The van der Waals surface area contributed by atoms with Crippen LogP contribution in [0.1, 0.15) is 31.3 Å². The predicted octanol–water partition coefficient (Wildman–Crippen LogP) is 1.59. The van der Waals surface area contributed by atoms with Gasteiger partial charge < -0.3 is 9.30 Å². The first-order valence-electron chi connectivity index (χ1n) is 8.42. The molecule has 7 nitrogen and oxygen atoms in total. The summed E-state index contributed by atoms with van der Waals surface area (Å²) in [4.78, 5) is 4.27. The average Bonchev–Trinajstić information content (AvgIpc) is 2.98. The van der Waals surface area contributed by atoms with E-state index in [1.54, 1.807) is 36.1 Å². The lowest BCUT2D eigenvalue weighted by molar-refractivity contribution is -0.0444. The number of nitrogens with one attached hydrogen (secondary N) is 1. The van der Waals surface area contributed by atoms with E-state index in [2.05, 4.69) is 9.71 Å². The van der Waals surface area contributed by atoms with Crippen LogP contribution in [0.2, 0.25) is 0 Å². The summed E-state index contributed by atoms with van der Waals surface area (Å²) in [6.07, 6.45) is 2.96. The molecule has 142 valence electrons. The van der Waals surface area contributed by atoms with Crippen molar-refractivity contribution in [3.05, 3.63) is 53.9 Å². The summed E-state index contributed by atoms with van der Waals surface area (Å²) in [6.45, 7) is 4.23. The van der Waals surface area contributed by atoms with E-state index in [4.69, 9.17) is 4.74 Å². The first-order chi connectivity index (χ1) is 12.3. The molecule has 2 aromatic rings. The molecule has 1 fully saturated rings. The fourth-order valence-corrected chi connectivity index (χ4v) is 4.63. The van der Waals surface area contributed by atoms with Gasteiger partial charge in [0.1, 0.15) is 17.7 Å². The van der Waals surface area contributed by atoms with Crippen LogP contribution in [0.15, 0.2) is 36.7 Å². The SMILES string of the molecule is CC1CN(S(=O)(=O)NC(c2ccc(F)cc2)c2nccn2C)CC(C)O1. The second-order valence-electron chi connectivity index (χ2n) is 6.58. The third-order valence-corrected chi connectivity index (χ3v) is 5.82. The number of rotatable bonds is 5. The fraction of sp³-hybridized carbons (Fsp3) is 0.471. The Hall–Kier alpha value is -1.81. The van der Waals surface area contributed by atoms with Crippen molar-refractivity contribution in [2.24, 2.45) is 7.05 Å². The molecule has 1 aliphatic heterocycles. The zero-order valence-electron chi connectivity index (χ0n) is 15.0. The monoisotopic (exact) mass is 382 g/mol. The van der Waals surface area contributed by atoms with Crippen LogP contribution in [0.5, 0.6) is 0 Å². The quantitative estimate of drug-likeness (QED) is 0.852. The maximum absolute atomic E-state index is 13.3. The van der Waals surface area contributed by atoms with Gasteiger partial charge >= 0.3 is 0 Å². The zero-order valence-corrected chi connectivity index (χ0v) is 15.8. The molecule has 0 spiro atoms. The lowest BCUT2D eigenvalue weighted by Gasteiger charge is -2.35. The molecular weight excluding hydrogens is 359 g/mol. The molecule has 0 saturated carbocycles. The second-order valence-corrected chi connectivity index (χ2v) is 8.28. The van der Waals surface area contributed by atoms with Crippen molar-refractivity contribution in [1.29, 1.82) is 0 Å². The number of aromatic nitrogens is 2. The van der Waals surface area contributed by atoms with E-state index in [1.165, 1.54) is 16.4 Å². The van der Waals surface area contributed by atoms with Gasteiger partial charge in [-0.05, 0) is 31.5 Å². The lowest BCUT2D eigenvalue weighted by Crippen LogP contribution is -2.52. The molecule has 0 aliphatic carbocycles. The van der Waals surface area contributed by atoms with Gasteiger partial charge in [0.2, 0.25) is 0 Å². The van der Waals surface area contributed by atoms with Crippen LogP contribution < -0.4 is 4.72 Å². The number of morpholine rings is 1. The summed E-state index contributed by atoms with van der Waals surface area (Å²) >= 11 is 0. The lowest BCUT2D eigenvalue weighted by atomic mass is 10.1. The number of hydrogen-bond acceptors (Lipinski definition) is 4. The predicted molar refractivity (Wildman–Crippen MR) is 95.1 cm³/mol. The molecule has 3 rings (SSSR count). The van der Waals surface area contributed by atoms with E-state index < -0.39 is 16.3 Å². The summed E-state index contributed by atoms with van der Waals surface area (Å²) in [7, 11) is -2.01. The number of benzene rings is 1. The zero-order chi connectivity index (χ0) is 18.9. The summed E-state index contributed by atoms with van der Waals surface area (Å²) in [6, 6.07) is 4.99. The van der Waals surface area contributed by atoms with Crippen LogP contribution in [0.4, 0.5) is 4.39 Å². The molecule has 3 atom stereocenters. The highest BCUT2D eigenvalue weighted by Crippen LogP contribution is 2.23. The molecule has 0 bridgehead atoms. The normalized spacial score (nSPS) is 23.1. The number of hydrogen-bond donors (Lipinski definition) is 1. The first-order valence-corrected chi connectivity index (χ1v) is 9.86. The van der Waals surface area contributed by atoms with Gasteiger partial charge in [-0.25, -0.2) is 9.37 Å². The minimum atomic E-state index is -3.79. The van der Waals surface area contributed by atoms with Crippen molar-refractivity contribution in [2.45, 2.75) is 32.1 Å². The Morgan fingerprint density at radius 2 is 1.85 bits per heavy atom. The Kier molecular flexibility index (Phi) is 5.42. The molecular formula is C17H23FN4O3S. The van der Waals surface area contributed by atoms with Crippen LogP contribution in [0, 0.1) is 5.82 Å². The topological polar surface area (TPSA) is 76.5 Å². The molecule has 1 aliphatic rings. The smallest absolute Gasteiger partial charge is 0.280 e. The molecule has 2 heterocycles. The van der Waals surface area contributed by atoms with Gasteiger partial charge in [0, 0.05) is 32.5 Å². The number of halogens is 1. The van der Waals surface area contributed by atoms with Gasteiger partial charge in [0.25, 0.3) is 10.2 Å². The molecule has 1 aromatic carbocycles. The maximum atomic E-state index is 13.3. The third-order valence-electron chi connectivity index (χ3n) is 4.31. The highest BCUT2D eigenvalue weighted by Gasteiger charge is 2.34. The summed E-state index contributed by atoms with van der Waals surface area (Å²) in [5.74, 6) is 0.139. The molecule has 26 heavy (non-hydrogen) atoms. The van der Waals surface area contributed by atoms with Crippen LogP contribution in [0.3, 0.4) is 0 Å². The molecule has 9 heteroatoms. The van der Waals surface area contributed by atoms with Crippen molar-refractivity contribution < 1.29 is 17.5 Å². The maximum Gasteiger partial charge on any atom is 0.280 e. The van der Waals surface area contributed by atoms with Crippen molar-refractivity contribution in [2.75, 3.05) is 13.1 Å². The van der Waals surface area contributed by atoms with E-state index in [-0.39, 0.29) is 31.1 Å². The minimum Gasteiger partial charge on any atom is -0.373 e. The van der Waals surface area contributed by atoms with Crippen molar-refractivity contribution >= 4 is 10.2 Å². The van der Waals surface area contributed by atoms with Gasteiger partial charge in [-0.2, -0.15) is 17.4 Å². The van der Waals surface area contributed by atoms with Gasteiger partial charge in [0.15, 0.2) is 0 Å². The van der Waals surface area contributed by atoms with E-state index in [0.717, 1.165) is 0 Å². The first kappa shape index (κ1) is 19.0. The number of imidazole rings is 1. The fourth-order valence-electron chi connectivity index (χ4n) is 3.13. The molecule has 0 amide bonds. The summed E-state index contributed by atoms with van der Waals surface area (Å²) in [5, 5.41) is 0.